The van der Waals surface area contributed by atoms with Crippen molar-refractivity contribution >= 4 is 0 Å². The summed E-state index contributed by atoms with van der Waals surface area (Å²) in [5.41, 5.74) is 6.12. The van der Waals surface area contributed by atoms with Crippen molar-refractivity contribution in [2.45, 2.75) is 32.9 Å². The summed E-state index contributed by atoms with van der Waals surface area (Å²) in [6, 6.07) is 10.5. The van der Waals surface area contributed by atoms with Crippen molar-refractivity contribution in [2.24, 2.45) is 5.92 Å². The predicted octanol–water partition coefficient (Wildman–Crippen LogP) is 2.92. The van der Waals surface area contributed by atoms with E-state index in [0.717, 1.165) is 25.2 Å². The standard InChI is InChI=1S/C22H26N4O/c1-16-10-17(2)22(26-9-3-6-24-26)20(11-16)14-25-13-19(21(27)15-25)12-18-4-7-23-8-5-18/h3-11,19,21,27H,12-15H2,1-2H3/t19-,21+/m1/s1. The van der Waals surface area contributed by atoms with E-state index in [-0.39, 0.29) is 12.0 Å². The van der Waals surface area contributed by atoms with Crippen molar-refractivity contribution in [1.29, 1.82) is 0 Å². The summed E-state index contributed by atoms with van der Waals surface area (Å²) in [5.74, 6) is 0.256. The lowest BCUT2D eigenvalue weighted by atomic mass is 9.97. The van der Waals surface area contributed by atoms with Crippen LogP contribution in [-0.4, -0.2) is 44.0 Å². The Balaban J connectivity index is 1.53. The molecule has 1 saturated heterocycles. The molecule has 0 amide bonds. The molecule has 0 bridgehead atoms. The SMILES string of the molecule is Cc1cc(C)c(-n2cccn2)c(CN2C[C@@H](Cc3ccncc3)[C@@H](O)C2)c1. The van der Waals surface area contributed by atoms with Crippen molar-refractivity contribution in [2.75, 3.05) is 13.1 Å². The highest BCUT2D eigenvalue weighted by Gasteiger charge is 2.31. The first-order chi connectivity index (χ1) is 13.1. The molecule has 5 heteroatoms. The number of likely N-dealkylation sites (tertiary alicyclic amines) is 1. The van der Waals surface area contributed by atoms with Gasteiger partial charge in [-0.1, -0.05) is 17.7 Å². The van der Waals surface area contributed by atoms with Gasteiger partial charge in [0.05, 0.1) is 11.8 Å². The number of rotatable bonds is 5. The van der Waals surface area contributed by atoms with Crippen LogP contribution in [0.3, 0.4) is 0 Å². The van der Waals surface area contributed by atoms with Crippen LogP contribution in [0.15, 0.2) is 55.1 Å². The second-order valence-electron chi connectivity index (χ2n) is 7.62. The highest BCUT2D eigenvalue weighted by molar-refractivity contribution is 5.49. The average molecular weight is 362 g/mol. The Morgan fingerprint density at radius 3 is 2.67 bits per heavy atom. The van der Waals surface area contributed by atoms with Gasteiger partial charge in [0.25, 0.3) is 0 Å². The van der Waals surface area contributed by atoms with Gasteiger partial charge in [-0.05, 0) is 55.2 Å². The lowest BCUT2D eigenvalue weighted by molar-refractivity contribution is 0.141. The van der Waals surface area contributed by atoms with Crippen LogP contribution in [0.25, 0.3) is 5.69 Å². The van der Waals surface area contributed by atoms with Gasteiger partial charge < -0.3 is 5.11 Å². The Hall–Kier alpha value is -2.50. The minimum absolute atomic E-state index is 0.256. The first-order valence-electron chi connectivity index (χ1n) is 9.49. The molecule has 0 saturated carbocycles. The molecule has 1 aliphatic heterocycles. The number of hydrogen-bond acceptors (Lipinski definition) is 4. The molecule has 0 unspecified atom stereocenters. The van der Waals surface area contributed by atoms with Crippen LogP contribution in [-0.2, 0) is 13.0 Å². The van der Waals surface area contributed by atoms with E-state index in [2.05, 4.69) is 41.0 Å². The Kier molecular flexibility index (Phi) is 5.05. The summed E-state index contributed by atoms with van der Waals surface area (Å²) in [5, 5.41) is 15.0. The van der Waals surface area contributed by atoms with Crippen molar-refractivity contribution in [3.63, 3.8) is 0 Å². The molecular formula is C22H26N4O. The normalized spacial score (nSPS) is 20.3. The molecule has 4 rings (SSSR count). The van der Waals surface area contributed by atoms with Crippen LogP contribution in [0.1, 0.15) is 22.3 Å². The summed E-state index contributed by atoms with van der Waals surface area (Å²) in [6.45, 7) is 6.70. The number of benzene rings is 1. The van der Waals surface area contributed by atoms with Gasteiger partial charge in [0.2, 0.25) is 0 Å². The largest absolute Gasteiger partial charge is 0.391 e. The summed E-state index contributed by atoms with van der Waals surface area (Å²) in [6.07, 6.45) is 8.04. The van der Waals surface area contributed by atoms with E-state index in [1.54, 1.807) is 0 Å². The Morgan fingerprint density at radius 1 is 1.11 bits per heavy atom. The van der Waals surface area contributed by atoms with Crippen molar-refractivity contribution in [3.05, 3.63) is 77.4 Å². The third-order valence-corrected chi connectivity index (χ3v) is 5.38. The summed E-state index contributed by atoms with van der Waals surface area (Å²) in [7, 11) is 0. The third-order valence-electron chi connectivity index (χ3n) is 5.38. The molecular weight excluding hydrogens is 336 g/mol. The molecule has 0 spiro atoms. The molecule has 27 heavy (non-hydrogen) atoms. The maximum absolute atomic E-state index is 10.6. The van der Waals surface area contributed by atoms with E-state index >= 15 is 0 Å². The maximum atomic E-state index is 10.6. The second kappa shape index (κ2) is 7.62. The molecule has 2 aromatic heterocycles. The van der Waals surface area contributed by atoms with E-state index in [0.29, 0.717) is 6.54 Å². The fourth-order valence-corrected chi connectivity index (χ4v) is 4.23. The quantitative estimate of drug-likeness (QED) is 0.758. The van der Waals surface area contributed by atoms with Gasteiger partial charge in [0.15, 0.2) is 0 Å². The fourth-order valence-electron chi connectivity index (χ4n) is 4.23. The highest BCUT2D eigenvalue weighted by Crippen LogP contribution is 2.27. The van der Waals surface area contributed by atoms with Crippen LogP contribution in [0, 0.1) is 19.8 Å². The van der Waals surface area contributed by atoms with E-state index in [9.17, 15) is 5.11 Å². The second-order valence-corrected chi connectivity index (χ2v) is 7.62. The van der Waals surface area contributed by atoms with Gasteiger partial charge >= 0.3 is 0 Å². The predicted molar refractivity (Wildman–Crippen MR) is 106 cm³/mol. The zero-order valence-electron chi connectivity index (χ0n) is 15.9. The molecule has 2 atom stereocenters. The molecule has 1 N–H and O–H groups in total. The van der Waals surface area contributed by atoms with E-state index < -0.39 is 0 Å². The first-order valence-corrected chi connectivity index (χ1v) is 9.49. The summed E-state index contributed by atoms with van der Waals surface area (Å²) < 4.78 is 1.95. The van der Waals surface area contributed by atoms with Crippen LogP contribution in [0.2, 0.25) is 0 Å². The van der Waals surface area contributed by atoms with Crippen molar-refractivity contribution < 1.29 is 5.11 Å². The van der Waals surface area contributed by atoms with Crippen LogP contribution < -0.4 is 0 Å². The van der Waals surface area contributed by atoms with Crippen molar-refractivity contribution in [1.82, 2.24) is 19.7 Å². The molecule has 1 aromatic carbocycles. The first kappa shape index (κ1) is 17.9. The smallest absolute Gasteiger partial charge is 0.0719 e. The van der Waals surface area contributed by atoms with E-state index in [4.69, 9.17) is 0 Å². The number of pyridine rings is 1. The maximum Gasteiger partial charge on any atom is 0.0719 e. The minimum atomic E-state index is -0.294. The number of aromatic nitrogens is 3. The van der Waals surface area contributed by atoms with Crippen LogP contribution >= 0.6 is 0 Å². The molecule has 0 aliphatic carbocycles. The van der Waals surface area contributed by atoms with Gasteiger partial charge in [-0.3, -0.25) is 9.88 Å². The van der Waals surface area contributed by atoms with Gasteiger partial charge in [-0.25, -0.2) is 4.68 Å². The molecule has 3 heterocycles. The Labute approximate surface area is 160 Å². The zero-order valence-corrected chi connectivity index (χ0v) is 15.9. The topological polar surface area (TPSA) is 54.2 Å². The van der Waals surface area contributed by atoms with Crippen molar-refractivity contribution in [3.8, 4) is 5.69 Å². The monoisotopic (exact) mass is 362 g/mol. The zero-order chi connectivity index (χ0) is 18.8. The van der Waals surface area contributed by atoms with Crippen LogP contribution in [0.5, 0.6) is 0 Å². The van der Waals surface area contributed by atoms with E-state index in [1.807, 2.05) is 47.7 Å². The third kappa shape index (κ3) is 3.94. The van der Waals surface area contributed by atoms with Gasteiger partial charge in [0.1, 0.15) is 0 Å². The molecule has 1 aliphatic rings. The highest BCUT2D eigenvalue weighted by atomic mass is 16.3. The summed E-state index contributed by atoms with van der Waals surface area (Å²) >= 11 is 0. The number of β-amino-alcohol motifs (C(OH)–C–C–N with tert-alkyl or cyclic N) is 1. The van der Waals surface area contributed by atoms with Gasteiger partial charge in [-0.15, -0.1) is 0 Å². The average Bonchev–Trinajstić information content (AvgIpc) is 3.26. The molecule has 3 aromatic rings. The minimum Gasteiger partial charge on any atom is -0.391 e. The lowest BCUT2D eigenvalue weighted by Crippen LogP contribution is -2.22. The van der Waals surface area contributed by atoms with Gasteiger partial charge in [0, 0.05) is 50.3 Å². The lowest BCUT2D eigenvalue weighted by Gasteiger charge is -2.20. The molecule has 0 radical (unpaired) electrons. The van der Waals surface area contributed by atoms with Gasteiger partial charge in [-0.2, -0.15) is 5.10 Å². The number of aliphatic hydroxyl groups excluding tert-OH is 1. The van der Waals surface area contributed by atoms with Crippen LogP contribution in [0.4, 0.5) is 0 Å². The number of aliphatic hydroxyl groups is 1. The number of aryl methyl sites for hydroxylation is 2. The molecule has 140 valence electrons. The molecule has 1 fully saturated rings. The number of hydrogen-bond donors (Lipinski definition) is 1. The Morgan fingerprint density at radius 2 is 1.93 bits per heavy atom. The Bertz CT molecular complexity index is 892. The molecule has 5 nitrogen and oxygen atoms in total. The van der Waals surface area contributed by atoms with E-state index in [1.165, 1.54) is 22.3 Å². The fraction of sp³-hybridized carbons (Fsp3) is 0.364. The number of nitrogens with zero attached hydrogens (tertiary/aromatic N) is 4. The summed E-state index contributed by atoms with van der Waals surface area (Å²) in [4.78, 5) is 6.44.